The summed E-state index contributed by atoms with van der Waals surface area (Å²) >= 11 is 6.82. The molecule has 0 aliphatic heterocycles. The van der Waals surface area contributed by atoms with Crippen LogP contribution < -0.4 is 11.3 Å². The lowest BCUT2D eigenvalue weighted by molar-refractivity contribution is -0.120. The molecule has 1 heterocycles. The summed E-state index contributed by atoms with van der Waals surface area (Å²) in [5, 5.41) is 1.72. The number of rotatable bonds is 2. The van der Waals surface area contributed by atoms with E-state index in [2.05, 4.69) is 4.98 Å². The van der Waals surface area contributed by atoms with Gasteiger partial charge in [-0.2, -0.15) is 0 Å². The Morgan fingerprint density at radius 1 is 1.91 bits per heavy atom. The maximum Gasteiger partial charge on any atom is 0.239 e. The molecule has 1 rings (SSSR count). The minimum Gasteiger partial charge on any atom is -0.294 e. The molecule has 0 aromatic carbocycles. The second-order valence-corrected chi connectivity index (χ2v) is 3.28. The van der Waals surface area contributed by atoms with E-state index in [9.17, 15) is 4.79 Å². The highest BCUT2D eigenvalue weighted by Crippen LogP contribution is 2.14. The average Bonchev–Trinajstić information content (AvgIpc) is 2.35. The van der Waals surface area contributed by atoms with E-state index in [1.807, 2.05) is 5.43 Å². The van der Waals surface area contributed by atoms with E-state index in [0.717, 1.165) is 0 Å². The first-order valence-electron chi connectivity index (χ1n) is 2.81. The fourth-order valence-corrected chi connectivity index (χ4v) is 1.36. The van der Waals surface area contributed by atoms with Crippen molar-refractivity contribution >= 4 is 28.8 Å². The molecular weight excluding hydrogens is 186 g/mol. The number of aromatic nitrogens is 1. The Morgan fingerprint density at radius 2 is 2.64 bits per heavy atom. The van der Waals surface area contributed by atoms with Crippen molar-refractivity contribution in [3.05, 3.63) is 15.5 Å². The number of nitrogens with two attached hydrogens (primary N) is 1. The monoisotopic (exact) mass is 191 g/mol. The van der Waals surface area contributed by atoms with Crippen LogP contribution in [0.3, 0.4) is 0 Å². The Morgan fingerprint density at radius 3 is 3.09 bits per heavy atom. The molecular formula is C5H6ClN3OS. The van der Waals surface area contributed by atoms with E-state index in [1.165, 1.54) is 11.3 Å². The van der Waals surface area contributed by atoms with Gasteiger partial charge in [0.15, 0.2) is 4.47 Å². The molecule has 0 aliphatic rings. The van der Waals surface area contributed by atoms with Crippen LogP contribution in [-0.4, -0.2) is 10.9 Å². The lowest BCUT2D eigenvalue weighted by Gasteiger charge is -1.93. The summed E-state index contributed by atoms with van der Waals surface area (Å²) in [6.07, 6.45) is 0.180. The van der Waals surface area contributed by atoms with E-state index in [1.54, 1.807) is 5.38 Å². The standard InChI is InChI=1S/C5H6ClN3OS/c6-5-8-3(2-11-5)1-4(10)9-7/h2H,1,7H2,(H,9,10). The first-order valence-corrected chi connectivity index (χ1v) is 4.07. The summed E-state index contributed by atoms with van der Waals surface area (Å²) in [5.41, 5.74) is 2.65. The Labute approximate surface area is 72.3 Å². The number of thiazole rings is 1. The van der Waals surface area contributed by atoms with Crippen molar-refractivity contribution < 1.29 is 4.79 Å². The Kier molecular flexibility index (Phi) is 2.81. The van der Waals surface area contributed by atoms with Crippen molar-refractivity contribution in [2.45, 2.75) is 6.42 Å². The van der Waals surface area contributed by atoms with E-state index in [-0.39, 0.29) is 12.3 Å². The van der Waals surface area contributed by atoms with Gasteiger partial charge in [-0.15, -0.1) is 11.3 Å². The van der Waals surface area contributed by atoms with Gasteiger partial charge in [-0.3, -0.25) is 10.2 Å². The van der Waals surface area contributed by atoms with Gasteiger partial charge in [0.25, 0.3) is 0 Å². The van der Waals surface area contributed by atoms with Crippen molar-refractivity contribution in [2.24, 2.45) is 5.84 Å². The molecule has 0 saturated heterocycles. The third-order valence-corrected chi connectivity index (χ3v) is 2.05. The van der Waals surface area contributed by atoms with Crippen molar-refractivity contribution in [3.63, 3.8) is 0 Å². The summed E-state index contributed by atoms with van der Waals surface area (Å²) in [4.78, 5) is 14.5. The smallest absolute Gasteiger partial charge is 0.239 e. The number of carbonyl (C=O) groups is 1. The molecule has 0 radical (unpaired) electrons. The van der Waals surface area contributed by atoms with Gasteiger partial charge in [0.2, 0.25) is 5.91 Å². The Balaban J connectivity index is 2.57. The predicted octanol–water partition coefficient (Wildman–Crippen LogP) is 0.329. The number of hydrogen-bond acceptors (Lipinski definition) is 4. The van der Waals surface area contributed by atoms with E-state index < -0.39 is 0 Å². The molecule has 1 amide bonds. The predicted molar refractivity (Wildman–Crippen MR) is 43.2 cm³/mol. The molecule has 11 heavy (non-hydrogen) atoms. The first kappa shape index (κ1) is 8.45. The Bertz CT molecular complexity index is 262. The maximum absolute atomic E-state index is 10.7. The zero-order chi connectivity index (χ0) is 8.27. The van der Waals surface area contributed by atoms with Crippen LogP contribution in [-0.2, 0) is 11.2 Å². The topological polar surface area (TPSA) is 68.0 Å². The number of nitrogens with zero attached hydrogens (tertiary/aromatic N) is 1. The van der Waals surface area contributed by atoms with Crippen LogP contribution in [0.5, 0.6) is 0 Å². The third kappa shape index (κ3) is 2.45. The fourth-order valence-electron chi connectivity index (χ4n) is 0.579. The summed E-state index contributed by atoms with van der Waals surface area (Å²) in [6, 6.07) is 0. The van der Waals surface area contributed by atoms with Gasteiger partial charge in [-0.1, -0.05) is 11.6 Å². The third-order valence-electron chi connectivity index (χ3n) is 1.03. The molecule has 0 atom stereocenters. The lowest BCUT2D eigenvalue weighted by Crippen LogP contribution is -2.31. The minimum atomic E-state index is -0.271. The minimum absolute atomic E-state index is 0.180. The van der Waals surface area contributed by atoms with Gasteiger partial charge in [0.05, 0.1) is 12.1 Å². The van der Waals surface area contributed by atoms with E-state index in [4.69, 9.17) is 17.4 Å². The van der Waals surface area contributed by atoms with Gasteiger partial charge in [0.1, 0.15) is 0 Å². The number of amides is 1. The van der Waals surface area contributed by atoms with Gasteiger partial charge >= 0.3 is 0 Å². The van der Waals surface area contributed by atoms with E-state index in [0.29, 0.717) is 10.2 Å². The second-order valence-electron chi connectivity index (χ2n) is 1.84. The molecule has 4 nitrogen and oxygen atoms in total. The fraction of sp³-hybridized carbons (Fsp3) is 0.200. The van der Waals surface area contributed by atoms with Crippen molar-refractivity contribution in [1.29, 1.82) is 0 Å². The molecule has 60 valence electrons. The number of nitrogens with one attached hydrogen (secondary N) is 1. The van der Waals surface area contributed by atoms with Crippen LogP contribution in [0.2, 0.25) is 4.47 Å². The van der Waals surface area contributed by atoms with Gasteiger partial charge in [0, 0.05) is 5.38 Å². The SMILES string of the molecule is NNC(=O)Cc1csc(Cl)n1. The summed E-state index contributed by atoms with van der Waals surface area (Å²) in [6.45, 7) is 0. The first-order chi connectivity index (χ1) is 5.22. The van der Waals surface area contributed by atoms with Crippen LogP contribution in [0.1, 0.15) is 5.69 Å². The van der Waals surface area contributed by atoms with Crippen molar-refractivity contribution in [2.75, 3.05) is 0 Å². The molecule has 6 heteroatoms. The number of halogens is 1. The molecule has 1 aromatic rings. The van der Waals surface area contributed by atoms with E-state index >= 15 is 0 Å². The molecule has 0 unspecified atom stereocenters. The molecule has 0 fully saturated rings. The summed E-state index contributed by atoms with van der Waals surface area (Å²) < 4.78 is 0.435. The second kappa shape index (κ2) is 3.66. The molecule has 0 bridgehead atoms. The van der Waals surface area contributed by atoms with Crippen molar-refractivity contribution in [3.8, 4) is 0 Å². The average molecular weight is 192 g/mol. The number of hydrazine groups is 1. The molecule has 1 aromatic heterocycles. The van der Waals surface area contributed by atoms with Crippen LogP contribution in [0.4, 0.5) is 0 Å². The van der Waals surface area contributed by atoms with Crippen LogP contribution in [0.25, 0.3) is 0 Å². The van der Waals surface area contributed by atoms with Gasteiger partial charge in [-0.25, -0.2) is 10.8 Å². The largest absolute Gasteiger partial charge is 0.294 e. The van der Waals surface area contributed by atoms with Gasteiger partial charge < -0.3 is 0 Å². The lowest BCUT2D eigenvalue weighted by atomic mass is 10.3. The van der Waals surface area contributed by atoms with Gasteiger partial charge in [-0.05, 0) is 0 Å². The molecule has 0 spiro atoms. The quantitative estimate of drug-likeness (QED) is 0.402. The van der Waals surface area contributed by atoms with Crippen molar-refractivity contribution in [1.82, 2.24) is 10.4 Å². The Hall–Kier alpha value is -0.650. The zero-order valence-electron chi connectivity index (χ0n) is 5.50. The summed E-state index contributed by atoms with van der Waals surface area (Å²) in [7, 11) is 0. The normalized spacial score (nSPS) is 9.64. The van der Waals surface area contributed by atoms with Crippen LogP contribution in [0, 0.1) is 0 Å². The molecule has 3 N–H and O–H groups in total. The summed E-state index contributed by atoms with van der Waals surface area (Å²) in [5.74, 6) is 4.60. The zero-order valence-corrected chi connectivity index (χ0v) is 7.08. The molecule has 0 saturated carbocycles. The highest BCUT2D eigenvalue weighted by atomic mass is 35.5. The highest BCUT2D eigenvalue weighted by molar-refractivity contribution is 7.13. The molecule has 0 aliphatic carbocycles. The number of hydrogen-bond donors (Lipinski definition) is 2. The maximum atomic E-state index is 10.7. The number of carbonyl (C=O) groups excluding carboxylic acids is 1. The highest BCUT2D eigenvalue weighted by Gasteiger charge is 2.04. The van der Waals surface area contributed by atoms with Crippen LogP contribution >= 0.6 is 22.9 Å². The van der Waals surface area contributed by atoms with Crippen LogP contribution in [0.15, 0.2) is 5.38 Å².